The highest BCUT2D eigenvalue weighted by atomic mass is 35.5. The lowest BCUT2D eigenvalue weighted by Gasteiger charge is -2.25. The Hall–Kier alpha value is -2.40. The van der Waals surface area contributed by atoms with E-state index in [2.05, 4.69) is 10.2 Å². The summed E-state index contributed by atoms with van der Waals surface area (Å²) in [5, 5.41) is 14.3. The molecule has 3 aromatic rings. The van der Waals surface area contributed by atoms with Crippen LogP contribution >= 0.6 is 23.4 Å². The minimum atomic E-state index is -3.75. The standard InChI is InChI=1S/C19H20ClN5O3S2/c1-13(14-6-8-17(9-7-14)30(21,27)28)24(2)18(26)11-29-19-23-22-12-25(19)16-5-3-4-15(20)10-16/h3-10,12-13H,11H2,1-2H3,(H2,21,27,28). The smallest absolute Gasteiger partial charge is 0.238 e. The van der Waals surface area contributed by atoms with Crippen LogP contribution in [0.15, 0.2) is 64.9 Å². The Morgan fingerprint density at radius 2 is 1.97 bits per heavy atom. The molecule has 158 valence electrons. The summed E-state index contributed by atoms with van der Waals surface area (Å²) in [6, 6.07) is 13.2. The van der Waals surface area contributed by atoms with Gasteiger partial charge in [0.25, 0.3) is 0 Å². The summed E-state index contributed by atoms with van der Waals surface area (Å²) in [7, 11) is -2.06. The summed E-state index contributed by atoms with van der Waals surface area (Å²) in [6.45, 7) is 1.86. The minimum Gasteiger partial charge on any atom is -0.338 e. The first-order chi connectivity index (χ1) is 14.2. The largest absolute Gasteiger partial charge is 0.338 e. The van der Waals surface area contributed by atoms with E-state index >= 15 is 0 Å². The van der Waals surface area contributed by atoms with Crippen LogP contribution in [0.4, 0.5) is 0 Å². The van der Waals surface area contributed by atoms with Crippen molar-refractivity contribution >= 4 is 39.3 Å². The third kappa shape index (κ3) is 5.20. The Morgan fingerprint density at radius 3 is 2.60 bits per heavy atom. The molecule has 1 heterocycles. The van der Waals surface area contributed by atoms with Crippen molar-refractivity contribution in [2.45, 2.75) is 23.0 Å². The van der Waals surface area contributed by atoms with Gasteiger partial charge in [-0.05, 0) is 42.8 Å². The summed E-state index contributed by atoms with van der Waals surface area (Å²) < 4.78 is 24.5. The number of nitrogens with two attached hydrogens (primary N) is 1. The molecule has 3 rings (SSSR count). The molecule has 2 aromatic carbocycles. The number of hydrogen-bond donors (Lipinski definition) is 1. The van der Waals surface area contributed by atoms with E-state index in [1.807, 2.05) is 19.1 Å². The van der Waals surface area contributed by atoms with Crippen molar-refractivity contribution in [1.29, 1.82) is 0 Å². The van der Waals surface area contributed by atoms with E-state index in [0.29, 0.717) is 10.2 Å². The van der Waals surface area contributed by atoms with E-state index in [1.54, 1.807) is 47.1 Å². The molecular weight excluding hydrogens is 446 g/mol. The Labute approximate surface area is 184 Å². The number of aromatic nitrogens is 3. The van der Waals surface area contributed by atoms with Gasteiger partial charge >= 0.3 is 0 Å². The van der Waals surface area contributed by atoms with E-state index in [9.17, 15) is 13.2 Å². The van der Waals surface area contributed by atoms with Crippen LogP contribution in [-0.2, 0) is 14.8 Å². The Bertz CT molecular complexity index is 1150. The van der Waals surface area contributed by atoms with Crippen LogP contribution in [0.3, 0.4) is 0 Å². The molecule has 1 unspecified atom stereocenters. The first kappa shape index (κ1) is 22.3. The lowest BCUT2D eigenvalue weighted by molar-refractivity contribution is -0.128. The average Bonchev–Trinajstić information content (AvgIpc) is 3.19. The van der Waals surface area contributed by atoms with Gasteiger partial charge in [-0.3, -0.25) is 9.36 Å². The molecular formula is C19H20ClN5O3S2. The fourth-order valence-corrected chi connectivity index (χ4v) is 4.28. The highest BCUT2D eigenvalue weighted by Gasteiger charge is 2.19. The summed E-state index contributed by atoms with van der Waals surface area (Å²) in [6.07, 6.45) is 1.57. The zero-order valence-electron chi connectivity index (χ0n) is 16.3. The molecule has 0 saturated carbocycles. The predicted octanol–water partition coefficient (Wildman–Crippen LogP) is 2.88. The zero-order chi connectivity index (χ0) is 21.9. The van der Waals surface area contributed by atoms with Crippen molar-refractivity contribution in [1.82, 2.24) is 19.7 Å². The van der Waals surface area contributed by atoms with E-state index in [0.717, 1.165) is 11.3 Å². The minimum absolute atomic E-state index is 0.0309. The molecule has 0 radical (unpaired) electrons. The van der Waals surface area contributed by atoms with Gasteiger partial charge < -0.3 is 4.90 Å². The van der Waals surface area contributed by atoms with E-state index in [1.165, 1.54) is 23.9 Å². The van der Waals surface area contributed by atoms with Gasteiger partial charge in [0.2, 0.25) is 15.9 Å². The molecule has 0 aliphatic heterocycles. The fraction of sp³-hybridized carbons (Fsp3) is 0.211. The summed E-state index contributed by atoms with van der Waals surface area (Å²) in [5.41, 5.74) is 1.60. The number of hydrogen-bond acceptors (Lipinski definition) is 6. The molecule has 0 bridgehead atoms. The summed E-state index contributed by atoms with van der Waals surface area (Å²) in [4.78, 5) is 14.3. The van der Waals surface area contributed by atoms with Gasteiger partial charge in [0.05, 0.1) is 22.4 Å². The second-order valence-corrected chi connectivity index (χ2v) is 9.49. The van der Waals surface area contributed by atoms with Crippen LogP contribution in [-0.4, -0.2) is 46.8 Å². The van der Waals surface area contributed by atoms with Crippen LogP contribution in [0, 0.1) is 0 Å². The molecule has 2 N–H and O–H groups in total. The van der Waals surface area contributed by atoms with E-state index in [-0.39, 0.29) is 22.6 Å². The van der Waals surface area contributed by atoms with Crippen molar-refractivity contribution in [3.8, 4) is 5.69 Å². The molecule has 11 heteroatoms. The van der Waals surface area contributed by atoms with E-state index in [4.69, 9.17) is 16.7 Å². The Morgan fingerprint density at radius 1 is 1.27 bits per heavy atom. The molecule has 0 fully saturated rings. The van der Waals surface area contributed by atoms with Crippen molar-refractivity contribution < 1.29 is 13.2 Å². The maximum atomic E-state index is 12.7. The molecule has 0 saturated heterocycles. The van der Waals surface area contributed by atoms with Crippen LogP contribution in [0.1, 0.15) is 18.5 Å². The molecule has 30 heavy (non-hydrogen) atoms. The van der Waals surface area contributed by atoms with Gasteiger partial charge in [-0.1, -0.05) is 41.6 Å². The highest BCUT2D eigenvalue weighted by Crippen LogP contribution is 2.24. The lowest BCUT2D eigenvalue weighted by atomic mass is 10.1. The first-order valence-corrected chi connectivity index (χ1v) is 11.7. The van der Waals surface area contributed by atoms with Gasteiger partial charge in [-0.15, -0.1) is 10.2 Å². The number of benzene rings is 2. The number of thioether (sulfide) groups is 1. The summed E-state index contributed by atoms with van der Waals surface area (Å²) >= 11 is 7.32. The number of amides is 1. The molecule has 0 spiro atoms. The molecule has 1 atom stereocenters. The monoisotopic (exact) mass is 465 g/mol. The van der Waals surface area contributed by atoms with Crippen molar-refractivity contribution in [3.05, 3.63) is 65.4 Å². The van der Waals surface area contributed by atoms with Gasteiger partial charge in [0, 0.05) is 12.1 Å². The number of nitrogens with zero attached hydrogens (tertiary/aromatic N) is 4. The van der Waals surface area contributed by atoms with Crippen molar-refractivity contribution in [2.24, 2.45) is 5.14 Å². The average molecular weight is 466 g/mol. The third-order valence-corrected chi connectivity index (χ3v) is 6.69. The molecule has 0 aliphatic carbocycles. The second kappa shape index (κ2) is 9.17. The molecule has 0 aliphatic rings. The predicted molar refractivity (Wildman–Crippen MR) is 116 cm³/mol. The van der Waals surface area contributed by atoms with Gasteiger partial charge in [0.1, 0.15) is 6.33 Å². The first-order valence-electron chi connectivity index (χ1n) is 8.84. The Kier molecular flexibility index (Phi) is 6.81. The molecule has 1 amide bonds. The van der Waals surface area contributed by atoms with E-state index < -0.39 is 10.0 Å². The van der Waals surface area contributed by atoms with Gasteiger partial charge in [-0.25, -0.2) is 13.6 Å². The number of primary sulfonamides is 1. The Balaban J connectivity index is 1.66. The van der Waals surface area contributed by atoms with Crippen LogP contribution in [0.25, 0.3) is 5.69 Å². The van der Waals surface area contributed by atoms with Gasteiger partial charge in [-0.2, -0.15) is 0 Å². The van der Waals surface area contributed by atoms with Crippen LogP contribution < -0.4 is 5.14 Å². The normalized spacial score (nSPS) is 12.5. The molecule has 1 aromatic heterocycles. The number of sulfonamides is 1. The quantitative estimate of drug-likeness (QED) is 0.537. The SMILES string of the molecule is CC(c1ccc(S(N)(=O)=O)cc1)N(C)C(=O)CSc1nncn1-c1cccc(Cl)c1. The lowest BCUT2D eigenvalue weighted by Crippen LogP contribution is -2.31. The van der Waals surface area contributed by atoms with Crippen molar-refractivity contribution in [2.75, 3.05) is 12.8 Å². The number of halogens is 1. The third-order valence-electron chi connectivity index (χ3n) is 4.59. The maximum Gasteiger partial charge on any atom is 0.238 e. The number of rotatable bonds is 7. The maximum absolute atomic E-state index is 12.7. The zero-order valence-corrected chi connectivity index (χ0v) is 18.7. The number of carbonyl (C=O) groups excluding carboxylic acids is 1. The van der Waals surface area contributed by atoms with Gasteiger partial charge in [0.15, 0.2) is 5.16 Å². The number of carbonyl (C=O) groups is 1. The van der Waals surface area contributed by atoms with Crippen LogP contribution in [0.5, 0.6) is 0 Å². The highest BCUT2D eigenvalue weighted by molar-refractivity contribution is 7.99. The van der Waals surface area contributed by atoms with Crippen LogP contribution in [0.2, 0.25) is 5.02 Å². The summed E-state index contributed by atoms with van der Waals surface area (Å²) in [5.74, 6) is 0.0543. The van der Waals surface area contributed by atoms with Crippen molar-refractivity contribution in [3.63, 3.8) is 0 Å². The second-order valence-electron chi connectivity index (χ2n) is 6.55. The fourth-order valence-electron chi connectivity index (χ4n) is 2.73. The topological polar surface area (TPSA) is 111 Å². The molecule has 8 nitrogen and oxygen atoms in total.